The highest BCUT2D eigenvalue weighted by molar-refractivity contribution is 6.02. The van der Waals surface area contributed by atoms with Gasteiger partial charge in [-0.05, 0) is 61.6 Å². The van der Waals surface area contributed by atoms with Crippen molar-refractivity contribution in [1.29, 1.82) is 0 Å². The van der Waals surface area contributed by atoms with Crippen molar-refractivity contribution < 1.29 is 9.57 Å². The SMILES string of the molecule is COc1cc(C=C2CCCN3CC(c4ccc(C)cc4)ON=C23)ccc1-n1cnc(C)c1. The summed E-state index contributed by atoms with van der Waals surface area (Å²) in [7, 11) is 1.70. The molecule has 3 aromatic rings. The average Bonchev–Trinajstić information content (AvgIpc) is 3.25. The highest BCUT2D eigenvalue weighted by Gasteiger charge is 2.30. The van der Waals surface area contributed by atoms with E-state index in [1.807, 2.05) is 24.0 Å². The van der Waals surface area contributed by atoms with E-state index in [9.17, 15) is 0 Å². The lowest BCUT2D eigenvalue weighted by Gasteiger charge is -2.37. The van der Waals surface area contributed by atoms with Crippen LogP contribution in [0.2, 0.25) is 0 Å². The lowest BCUT2D eigenvalue weighted by Crippen LogP contribution is -2.43. The topological polar surface area (TPSA) is 51.9 Å². The van der Waals surface area contributed by atoms with Crippen molar-refractivity contribution in [3.8, 4) is 11.4 Å². The number of ether oxygens (including phenoxy) is 1. The van der Waals surface area contributed by atoms with E-state index in [-0.39, 0.29) is 6.10 Å². The van der Waals surface area contributed by atoms with Crippen LogP contribution in [-0.4, -0.2) is 40.5 Å². The van der Waals surface area contributed by atoms with Crippen LogP contribution < -0.4 is 4.74 Å². The van der Waals surface area contributed by atoms with Crippen molar-refractivity contribution in [1.82, 2.24) is 14.5 Å². The number of piperidine rings is 1. The van der Waals surface area contributed by atoms with Crippen LogP contribution in [0.4, 0.5) is 0 Å². The summed E-state index contributed by atoms with van der Waals surface area (Å²) in [6.45, 7) is 5.90. The molecule has 2 aliphatic rings. The molecule has 0 bridgehead atoms. The number of aryl methyl sites for hydroxylation is 2. The summed E-state index contributed by atoms with van der Waals surface area (Å²) < 4.78 is 7.66. The largest absolute Gasteiger partial charge is 0.495 e. The van der Waals surface area contributed by atoms with E-state index < -0.39 is 0 Å². The molecule has 1 saturated heterocycles. The molecule has 5 rings (SSSR count). The highest BCUT2D eigenvalue weighted by Crippen LogP contribution is 2.31. The first kappa shape index (κ1) is 20.4. The van der Waals surface area contributed by atoms with E-state index in [0.717, 1.165) is 54.5 Å². The number of hydrogen-bond acceptors (Lipinski definition) is 5. The molecule has 0 saturated carbocycles. The van der Waals surface area contributed by atoms with Gasteiger partial charge in [-0.25, -0.2) is 4.98 Å². The zero-order chi connectivity index (χ0) is 22.1. The van der Waals surface area contributed by atoms with Crippen molar-refractivity contribution in [3.05, 3.63) is 82.9 Å². The second-order valence-corrected chi connectivity index (χ2v) is 8.49. The molecule has 1 atom stereocenters. The molecule has 1 fully saturated rings. The second kappa shape index (κ2) is 8.54. The quantitative estimate of drug-likeness (QED) is 0.583. The molecular weight excluding hydrogens is 400 g/mol. The van der Waals surface area contributed by atoms with Crippen LogP contribution in [0.1, 0.15) is 41.3 Å². The standard InChI is InChI=1S/C26H28N4O2/c1-18-6-9-21(10-7-18)25-16-29-12-4-5-22(26(29)28-32-25)13-20-8-11-23(24(14-20)31-3)30-15-19(2)27-17-30/h6-11,13-15,17,25H,4-5,12,16H2,1-3H3. The van der Waals surface area contributed by atoms with Crippen LogP contribution in [0, 0.1) is 13.8 Å². The fourth-order valence-electron chi connectivity index (χ4n) is 4.36. The molecule has 0 radical (unpaired) electrons. The Morgan fingerprint density at radius 2 is 1.97 bits per heavy atom. The summed E-state index contributed by atoms with van der Waals surface area (Å²) in [6, 6.07) is 14.8. The Labute approximate surface area is 188 Å². The summed E-state index contributed by atoms with van der Waals surface area (Å²) in [5, 5.41) is 4.55. The van der Waals surface area contributed by atoms with Gasteiger partial charge >= 0.3 is 0 Å². The summed E-state index contributed by atoms with van der Waals surface area (Å²) in [6.07, 6.45) is 8.06. The van der Waals surface area contributed by atoms with Crippen LogP contribution in [0.3, 0.4) is 0 Å². The van der Waals surface area contributed by atoms with Crippen molar-refractivity contribution in [2.45, 2.75) is 32.8 Å². The van der Waals surface area contributed by atoms with E-state index >= 15 is 0 Å². The molecule has 2 aromatic carbocycles. The first-order chi connectivity index (χ1) is 15.6. The van der Waals surface area contributed by atoms with Gasteiger partial charge in [0, 0.05) is 12.7 Å². The van der Waals surface area contributed by atoms with Gasteiger partial charge < -0.3 is 19.0 Å². The first-order valence-electron chi connectivity index (χ1n) is 11.1. The van der Waals surface area contributed by atoms with Crippen LogP contribution in [-0.2, 0) is 4.84 Å². The summed E-state index contributed by atoms with van der Waals surface area (Å²) >= 11 is 0. The van der Waals surface area contributed by atoms with Crippen LogP contribution >= 0.6 is 0 Å². The molecule has 0 N–H and O–H groups in total. The number of imidazole rings is 1. The second-order valence-electron chi connectivity index (χ2n) is 8.49. The Balaban J connectivity index is 1.41. The fourth-order valence-corrected chi connectivity index (χ4v) is 4.36. The maximum atomic E-state index is 5.94. The van der Waals surface area contributed by atoms with Crippen molar-refractivity contribution >= 4 is 11.9 Å². The van der Waals surface area contributed by atoms with Gasteiger partial charge in [-0.3, -0.25) is 0 Å². The zero-order valence-electron chi connectivity index (χ0n) is 18.8. The maximum absolute atomic E-state index is 5.94. The van der Waals surface area contributed by atoms with E-state index in [4.69, 9.17) is 9.57 Å². The smallest absolute Gasteiger partial charge is 0.171 e. The third-order valence-corrected chi connectivity index (χ3v) is 6.10. The van der Waals surface area contributed by atoms with E-state index in [1.54, 1.807) is 7.11 Å². The van der Waals surface area contributed by atoms with Gasteiger partial charge in [0.15, 0.2) is 11.9 Å². The van der Waals surface area contributed by atoms with Gasteiger partial charge in [-0.2, -0.15) is 0 Å². The summed E-state index contributed by atoms with van der Waals surface area (Å²) in [5.74, 6) is 1.76. The number of aromatic nitrogens is 2. The number of amidine groups is 1. The van der Waals surface area contributed by atoms with Crippen LogP contribution in [0.25, 0.3) is 11.8 Å². The Bertz CT molecular complexity index is 1180. The molecule has 32 heavy (non-hydrogen) atoms. The number of fused-ring (bicyclic) bond motifs is 1. The lowest BCUT2D eigenvalue weighted by molar-refractivity contribution is 0.0183. The number of nitrogens with zero attached hydrogens (tertiary/aromatic N) is 4. The molecule has 6 heteroatoms. The minimum atomic E-state index is -0.0308. The van der Waals surface area contributed by atoms with Gasteiger partial charge in [-0.1, -0.05) is 41.1 Å². The Morgan fingerprint density at radius 3 is 2.72 bits per heavy atom. The Morgan fingerprint density at radius 1 is 1.12 bits per heavy atom. The molecule has 0 aliphatic carbocycles. The predicted molar refractivity (Wildman–Crippen MR) is 126 cm³/mol. The van der Waals surface area contributed by atoms with E-state index in [2.05, 4.69) is 70.5 Å². The van der Waals surface area contributed by atoms with E-state index in [1.165, 1.54) is 16.7 Å². The van der Waals surface area contributed by atoms with E-state index in [0.29, 0.717) is 0 Å². The number of hydrogen-bond donors (Lipinski definition) is 0. The molecule has 1 aromatic heterocycles. The maximum Gasteiger partial charge on any atom is 0.171 e. The van der Waals surface area contributed by atoms with Crippen LogP contribution in [0.5, 0.6) is 5.75 Å². The van der Waals surface area contributed by atoms with Gasteiger partial charge in [0.1, 0.15) is 5.75 Å². The molecule has 164 valence electrons. The number of rotatable bonds is 4. The van der Waals surface area contributed by atoms with Gasteiger partial charge in [-0.15, -0.1) is 0 Å². The van der Waals surface area contributed by atoms with Crippen LogP contribution in [0.15, 0.2) is 65.7 Å². The summed E-state index contributed by atoms with van der Waals surface area (Å²) in [4.78, 5) is 12.6. The average molecular weight is 429 g/mol. The van der Waals surface area contributed by atoms with Crippen molar-refractivity contribution in [3.63, 3.8) is 0 Å². The predicted octanol–water partition coefficient (Wildman–Crippen LogP) is 5.06. The summed E-state index contributed by atoms with van der Waals surface area (Å²) in [5.41, 5.74) is 6.65. The molecule has 6 nitrogen and oxygen atoms in total. The van der Waals surface area contributed by atoms with Gasteiger partial charge in [0.2, 0.25) is 0 Å². The number of methoxy groups -OCH3 is 1. The van der Waals surface area contributed by atoms with Gasteiger partial charge in [0.25, 0.3) is 0 Å². The fraction of sp³-hybridized carbons (Fsp3) is 0.308. The normalized spacial score (nSPS) is 19.3. The zero-order valence-corrected chi connectivity index (χ0v) is 18.8. The number of benzene rings is 2. The van der Waals surface area contributed by atoms with Crippen molar-refractivity contribution in [2.24, 2.45) is 5.16 Å². The Hall–Kier alpha value is -3.54. The van der Waals surface area contributed by atoms with Crippen molar-refractivity contribution in [2.75, 3.05) is 20.2 Å². The Kier molecular flexibility index (Phi) is 5.43. The molecule has 0 amide bonds. The molecule has 2 aliphatic heterocycles. The number of oxime groups is 1. The minimum Gasteiger partial charge on any atom is -0.495 e. The lowest BCUT2D eigenvalue weighted by atomic mass is 9.98. The molecule has 0 spiro atoms. The highest BCUT2D eigenvalue weighted by atomic mass is 16.6. The van der Waals surface area contributed by atoms with Gasteiger partial charge in [0.05, 0.1) is 31.4 Å². The third-order valence-electron chi connectivity index (χ3n) is 6.10. The minimum absolute atomic E-state index is 0.0308. The molecule has 3 heterocycles. The first-order valence-corrected chi connectivity index (χ1v) is 11.1. The molecular formula is C26H28N4O2. The third kappa shape index (κ3) is 4.00. The monoisotopic (exact) mass is 428 g/mol. The molecule has 1 unspecified atom stereocenters.